The van der Waals surface area contributed by atoms with Gasteiger partial charge in [0.1, 0.15) is 0 Å². The third-order valence-electron chi connectivity index (χ3n) is 4.20. The zero-order chi connectivity index (χ0) is 14.8. The van der Waals surface area contributed by atoms with Crippen LogP contribution in [0.3, 0.4) is 0 Å². The van der Waals surface area contributed by atoms with Crippen LogP contribution in [0.25, 0.3) is 0 Å². The second kappa shape index (κ2) is 5.90. The topological polar surface area (TPSA) is 23.5 Å². The molecule has 0 spiro atoms. The Morgan fingerprint density at radius 2 is 1.81 bits per heavy atom. The number of aliphatic hydroxyl groups excluding tert-OH is 1. The van der Waals surface area contributed by atoms with Gasteiger partial charge < -0.3 is 10.0 Å². The first-order valence-electron chi connectivity index (χ1n) is 7.72. The van der Waals surface area contributed by atoms with Crippen molar-refractivity contribution < 1.29 is 5.11 Å². The number of fused-ring (bicyclic) bond motifs is 1. The Labute approximate surface area is 127 Å². The molecule has 1 unspecified atom stereocenters. The zero-order valence-corrected chi connectivity index (χ0v) is 12.8. The van der Waals surface area contributed by atoms with Gasteiger partial charge >= 0.3 is 0 Å². The van der Waals surface area contributed by atoms with Crippen molar-refractivity contribution in [3.05, 3.63) is 64.7 Å². The molecular formula is C19H23NO. The van der Waals surface area contributed by atoms with Crippen LogP contribution in [0, 0.1) is 13.8 Å². The van der Waals surface area contributed by atoms with Gasteiger partial charge in [0.05, 0.1) is 6.10 Å². The molecule has 1 aliphatic heterocycles. The molecule has 2 nitrogen and oxygen atoms in total. The average molecular weight is 281 g/mol. The van der Waals surface area contributed by atoms with E-state index in [1.54, 1.807) is 0 Å². The minimum absolute atomic E-state index is 0.328. The maximum atomic E-state index is 10.3. The zero-order valence-electron chi connectivity index (χ0n) is 12.8. The van der Waals surface area contributed by atoms with Gasteiger partial charge in [0.25, 0.3) is 0 Å². The van der Waals surface area contributed by atoms with Gasteiger partial charge in [-0.15, -0.1) is 0 Å². The van der Waals surface area contributed by atoms with Crippen molar-refractivity contribution in [2.45, 2.75) is 39.3 Å². The number of hydrogen-bond donors (Lipinski definition) is 1. The van der Waals surface area contributed by atoms with Gasteiger partial charge in [-0.25, -0.2) is 0 Å². The van der Waals surface area contributed by atoms with E-state index in [4.69, 9.17) is 0 Å². The lowest BCUT2D eigenvalue weighted by Gasteiger charge is -2.25. The smallest absolute Gasteiger partial charge is 0.0810 e. The lowest BCUT2D eigenvalue weighted by Crippen LogP contribution is -2.23. The summed E-state index contributed by atoms with van der Waals surface area (Å²) in [7, 11) is 0. The van der Waals surface area contributed by atoms with Gasteiger partial charge in [-0.3, -0.25) is 0 Å². The molecule has 3 rings (SSSR count). The molecular weight excluding hydrogens is 258 g/mol. The number of para-hydroxylation sites is 1. The Morgan fingerprint density at radius 1 is 1.10 bits per heavy atom. The van der Waals surface area contributed by atoms with Crippen molar-refractivity contribution in [3.63, 3.8) is 0 Å². The van der Waals surface area contributed by atoms with E-state index in [2.05, 4.69) is 55.1 Å². The quantitative estimate of drug-likeness (QED) is 0.894. The summed E-state index contributed by atoms with van der Waals surface area (Å²) in [4.78, 5) is 2.40. The molecule has 21 heavy (non-hydrogen) atoms. The van der Waals surface area contributed by atoms with Crippen molar-refractivity contribution >= 4 is 5.69 Å². The number of benzene rings is 2. The molecule has 0 amide bonds. The SMILES string of the molecule is Cc1cc(C)cc(CN2CCCC(O)c3ccccc32)c1. The molecule has 0 radical (unpaired) electrons. The lowest BCUT2D eigenvalue weighted by atomic mass is 10.0. The summed E-state index contributed by atoms with van der Waals surface area (Å²) in [6.07, 6.45) is 1.55. The molecule has 2 aromatic rings. The van der Waals surface area contributed by atoms with Crippen LogP contribution in [0.5, 0.6) is 0 Å². The van der Waals surface area contributed by atoms with E-state index in [1.165, 1.54) is 22.4 Å². The molecule has 2 heteroatoms. The number of aliphatic hydroxyl groups is 1. The summed E-state index contributed by atoms with van der Waals surface area (Å²) in [6, 6.07) is 15.0. The van der Waals surface area contributed by atoms with E-state index < -0.39 is 0 Å². The van der Waals surface area contributed by atoms with E-state index in [0.29, 0.717) is 0 Å². The molecule has 0 fully saturated rings. The third kappa shape index (κ3) is 3.11. The summed E-state index contributed by atoms with van der Waals surface area (Å²) >= 11 is 0. The van der Waals surface area contributed by atoms with Crippen molar-refractivity contribution in [3.8, 4) is 0 Å². The molecule has 1 aliphatic rings. The summed E-state index contributed by atoms with van der Waals surface area (Å²) in [5.41, 5.74) is 6.22. The summed E-state index contributed by atoms with van der Waals surface area (Å²) in [6.45, 7) is 6.21. The van der Waals surface area contributed by atoms with Crippen molar-refractivity contribution in [1.82, 2.24) is 0 Å². The average Bonchev–Trinajstić information content (AvgIpc) is 2.59. The number of hydrogen-bond acceptors (Lipinski definition) is 2. The standard InChI is InChI=1S/C19H23NO/c1-14-10-15(2)12-16(11-14)13-20-9-5-8-19(21)17-6-3-4-7-18(17)20/h3-4,6-7,10-12,19,21H,5,8-9,13H2,1-2H3. The van der Waals surface area contributed by atoms with E-state index in [9.17, 15) is 5.11 Å². The normalized spacial score (nSPS) is 18.2. The summed E-state index contributed by atoms with van der Waals surface area (Å²) < 4.78 is 0. The maximum Gasteiger partial charge on any atom is 0.0810 e. The molecule has 0 aromatic heterocycles. The lowest BCUT2D eigenvalue weighted by molar-refractivity contribution is 0.168. The number of aryl methyl sites for hydroxylation is 2. The second-order valence-electron chi connectivity index (χ2n) is 6.13. The van der Waals surface area contributed by atoms with E-state index in [-0.39, 0.29) is 6.10 Å². The molecule has 1 heterocycles. The van der Waals surface area contributed by atoms with Crippen LogP contribution in [-0.4, -0.2) is 11.7 Å². The number of nitrogens with zero attached hydrogens (tertiary/aromatic N) is 1. The molecule has 1 N–H and O–H groups in total. The van der Waals surface area contributed by atoms with E-state index in [1.807, 2.05) is 6.07 Å². The first-order valence-corrected chi connectivity index (χ1v) is 7.72. The Balaban J connectivity index is 1.93. The largest absolute Gasteiger partial charge is 0.388 e. The molecule has 110 valence electrons. The first kappa shape index (κ1) is 14.2. The van der Waals surface area contributed by atoms with Crippen LogP contribution in [0.1, 0.15) is 41.2 Å². The van der Waals surface area contributed by atoms with E-state index >= 15 is 0 Å². The predicted octanol–water partition coefficient (Wildman–Crippen LogP) is 4.14. The van der Waals surface area contributed by atoms with Gasteiger partial charge in [0.15, 0.2) is 0 Å². The Bertz CT molecular complexity index is 615. The van der Waals surface area contributed by atoms with Crippen molar-refractivity contribution in [2.75, 3.05) is 11.4 Å². The van der Waals surface area contributed by atoms with Crippen LogP contribution in [0.4, 0.5) is 5.69 Å². The van der Waals surface area contributed by atoms with Crippen molar-refractivity contribution in [2.24, 2.45) is 0 Å². The van der Waals surface area contributed by atoms with Gasteiger partial charge in [0.2, 0.25) is 0 Å². The summed E-state index contributed by atoms with van der Waals surface area (Å²) in [5.74, 6) is 0. The van der Waals surface area contributed by atoms with Gasteiger partial charge in [0, 0.05) is 24.3 Å². The number of anilines is 1. The van der Waals surface area contributed by atoms with E-state index in [0.717, 1.165) is 31.5 Å². The Hall–Kier alpha value is -1.80. The minimum Gasteiger partial charge on any atom is -0.388 e. The van der Waals surface area contributed by atoms with Crippen LogP contribution < -0.4 is 4.90 Å². The molecule has 2 aromatic carbocycles. The van der Waals surface area contributed by atoms with Crippen LogP contribution in [-0.2, 0) is 6.54 Å². The number of rotatable bonds is 2. The first-order chi connectivity index (χ1) is 10.1. The maximum absolute atomic E-state index is 10.3. The fourth-order valence-electron chi connectivity index (χ4n) is 3.35. The molecule has 0 bridgehead atoms. The van der Waals surface area contributed by atoms with Gasteiger partial charge in [-0.2, -0.15) is 0 Å². The molecule has 0 saturated carbocycles. The van der Waals surface area contributed by atoms with Gasteiger partial charge in [-0.1, -0.05) is 47.5 Å². The Morgan fingerprint density at radius 3 is 2.57 bits per heavy atom. The van der Waals surface area contributed by atoms with Crippen LogP contribution >= 0.6 is 0 Å². The molecule has 0 saturated heterocycles. The predicted molar refractivity (Wildman–Crippen MR) is 87.6 cm³/mol. The minimum atomic E-state index is -0.328. The summed E-state index contributed by atoms with van der Waals surface area (Å²) in [5, 5.41) is 10.3. The highest BCUT2D eigenvalue weighted by atomic mass is 16.3. The van der Waals surface area contributed by atoms with Crippen LogP contribution in [0.2, 0.25) is 0 Å². The Kier molecular flexibility index (Phi) is 3.98. The highest BCUT2D eigenvalue weighted by Gasteiger charge is 2.20. The second-order valence-corrected chi connectivity index (χ2v) is 6.13. The van der Waals surface area contributed by atoms with Gasteiger partial charge in [-0.05, 0) is 38.3 Å². The fraction of sp³-hybridized carbons (Fsp3) is 0.368. The van der Waals surface area contributed by atoms with Crippen LogP contribution in [0.15, 0.2) is 42.5 Å². The highest BCUT2D eigenvalue weighted by Crippen LogP contribution is 2.33. The van der Waals surface area contributed by atoms with Crippen molar-refractivity contribution in [1.29, 1.82) is 0 Å². The fourth-order valence-corrected chi connectivity index (χ4v) is 3.35. The molecule has 1 atom stereocenters. The highest BCUT2D eigenvalue weighted by molar-refractivity contribution is 5.55. The monoisotopic (exact) mass is 281 g/mol. The molecule has 0 aliphatic carbocycles. The third-order valence-corrected chi connectivity index (χ3v) is 4.20.